The van der Waals surface area contributed by atoms with Gasteiger partial charge in [-0.25, -0.2) is 4.98 Å². The highest BCUT2D eigenvalue weighted by Gasteiger charge is 2.24. The van der Waals surface area contributed by atoms with E-state index in [9.17, 15) is 4.79 Å². The van der Waals surface area contributed by atoms with Crippen LogP contribution in [0.4, 0.5) is 5.82 Å². The number of anilines is 1. The topological polar surface area (TPSA) is 75.4 Å². The van der Waals surface area contributed by atoms with E-state index in [1.54, 1.807) is 24.1 Å². The molecule has 7 nitrogen and oxygen atoms in total. The SMILES string of the molecule is Cc1nnc(CC(=O)N2CCN(c3ncccc3Cl)CC2)o1. The molecule has 0 saturated carbocycles. The van der Waals surface area contributed by atoms with E-state index in [0.29, 0.717) is 43.0 Å². The lowest BCUT2D eigenvalue weighted by Crippen LogP contribution is -2.49. The molecule has 8 heteroatoms. The second kappa shape index (κ2) is 6.31. The van der Waals surface area contributed by atoms with Crippen molar-refractivity contribution >= 4 is 23.3 Å². The first kappa shape index (κ1) is 14.8. The van der Waals surface area contributed by atoms with E-state index < -0.39 is 0 Å². The lowest BCUT2D eigenvalue weighted by molar-refractivity contribution is -0.131. The largest absolute Gasteiger partial charge is 0.425 e. The van der Waals surface area contributed by atoms with Crippen LogP contribution in [0.25, 0.3) is 0 Å². The van der Waals surface area contributed by atoms with Gasteiger partial charge in [0.2, 0.25) is 17.7 Å². The van der Waals surface area contributed by atoms with Gasteiger partial charge in [0, 0.05) is 39.3 Å². The highest BCUT2D eigenvalue weighted by molar-refractivity contribution is 6.32. The predicted octanol–water partition coefficient (Wildman–Crippen LogP) is 1.32. The molecule has 0 bridgehead atoms. The van der Waals surface area contributed by atoms with Crippen LogP contribution in [0.2, 0.25) is 5.02 Å². The van der Waals surface area contributed by atoms with E-state index in [2.05, 4.69) is 20.1 Å². The van der Waals surface area contributed by atoms with Gasteiger partial charge in [0.1, 0.15) is 12.2 Å². The molecule has 1 aliphatic rings. The van der Waals surface area contributed by atoms with Gasteiger partial charge in [0.25, 0.3) is 0 Å². The first-order valence-corrected chi connectivity index (χ1v) is 7.43. The zero-order valence-electron chi connectivity index (χ0n) is 12.2. The van der Waals surface area contributed by atoms with Crippen molar-refractivity contribution < 1.29 is 9.21 Å². The minimum atomic E-state index is -0.00424. The molecule has 0 unspecified atom stereocenters. The average Bonchev–Trinajstić information content (AvgIpc) is 2.93. The Morgan fingerprint density at radius 2 is 2.09 bits per heavy atom. The Bertz CT molecular complexity index is 667. The standard InChI is InChI=1S/C14H16ClN5O2/c1-10-17-18-12(22-10)9-13(21)19-5-7-20(8-6-19)14-11(15)3-2-4-16-14/h2-4H,5-9H2,1H3. The van der Waals surface area contributed by atoms with E-state index in [1.165, 1.54) is 0 Å². The van der Waals surface area contributed by atoms with Crippen LogP contribution in [0.5, 0.6) is 0 Å². The Labute approximate surface area is 132 Å². The molecule has 1 fully saturated rings. The summed E-state index contributed by atoms with van der Waals surface area (Å²) in [5.41, 5.74) is 0. The summed E-state index contributed by atoms with van der Waals surface area (Å²) in [4.78, 5) is 20.4. The molecule has 3 rings (SSSR count). The fourth-order valence-corrected chi connectivity index (χ4v) is 2.67. The van der Waals surface area contributed by atoms with Crippen molar-refractivity contribution in [3.8, 4) is 0 Å². The molecule has 1 aliphatic heterocycles. The number of piperazine rings is 1. The van der Waals surface area contributed by atoms with Crippen LogP contribution >= 0.6 is 11.6 Å². The van der Waals surface area contributed by atoms with Gasteiger partial charge in [-0.1, -0.05) is 11.6 Å². The van der Waals surface area contributed by atoms with Gasteiger partial charge >= 0.3 is 0 Å². The molecule has 3 heterocycles. The minimum Gasteiger partial charge on any atom is -0.425 e. The number of amides is 1. The molecule has 1 amide bonds. The van der Waals surface area contributed by atoms with E-state index in [4.69, 9.17) is 16.0 Å². The molecule has 0 N–H and O–H groups in total. The fraction of sp³-hybridized carbons (Fsp3) is 0.429. The van der Waals surface area contributed by atoms with Crippen LogP contribution in [0, 0.1) is 6.92 Å². The number of halogens is 1. The second-order valence-electron chi connectivity index (χ2n) is 5.07. The number of hydrogen-bond donors (Lipinski definition) is 0. The fourth-order valence-electron chi connectivity index (χ4n) is 2.43. The maximum Gasteiger partial charge on any atom is 0.232 e. The highest BCUT2D eigenvalue weighted by Crippen LogP contribution is 2.23. The third-order valence-corrected chi connectivity index (χ3v) is 3.84. The maximum atomic E-state index is 12.2. The van der Waals surface area contributed by atoms with Gasteiger partial charge in [0.15, 0.2) is 0 Å². The molecule has 0 radical (unpaired) electrons. The summed E-state index contributed by atoms with van der Waals surface area (Å²) < 4.78 is 5.24. The van der Waals surface area contributed by atoms with Gasteiger partial charge in [-0.3, -0.25) is 4.79 Å². The maximum absolute atomic E-state index is 12.2. The molecule has 0 aliphatic carbocycles. The average molecular weight is 322 g/mol. The van der Waals surface area contributed by atoms with E-state index in [1.807, 2.05) is 6.07 Å². The number of rotatable bonds is 3. The number of aromatic nitrogens is 3. The zero-order valence-corrected chi connectivity index (χ0v) is 13.0. The molecular formula is C14H16ClN5O2. The Kier molecular flexibility index (Phi) is 4.24. The number of pyridine rings is 1. The number of carbonyl (C=O) groups excluding carboxylic acids is 1. The van der Waals surface area contributed by atoms with Crippen LogP contribution in [0.1, 0.15) is 11.8 Å². The van der Waals surface area contributed by atoms with Crippen molar-refractivity contribution in [3.05, 3.63) is 35.1 Å². The number of hydrogen-bond acceptors (Lipinski definition) is 6. The molecule has 1 saturated heterocycles. The first-order chi connectivity index (χ1) is 10.6. The number of nitrogens with zero attached hydrogens (tertiary/aromatic N) is 5. The molecule has 2 aromatic heterocycles. The van der Waals surface area contributed by atoms with Crippen molar-refractivity contribution in [1.82, 2.24) is 20.1 Å². The van der Waals surface area contributed by atoms with Gasteiger partial charge in [-0.2, -0.15) is 0 Å². The van der Waals surface area contributed by atoms with E-state index in [0.717, 1.165) is 5.82 Å². The molecule has 0 aromatic carbocycles. The monoisotopic (exact) mass is 321 g/mol. The van der Waals surface area contributed by atoms with Crippen molar-refractivity contribution in [1.29, 1.82) is 0 Å². The summed E-state index contributed by atoms with van der Waals surface area (Å²) >= 11 is 6.15. The van der Waals surface area contributed by atoms with E-state index in [-0.39, 0.29) is 12.3 Å². The Hall–Kier alpha value is -2.15. The molecule has 2 aromatic rings. The number of carbonyl (C=O) groups is 1. The summed E-state index contributed by atoms with van der Waals surface area (Å²) in [5, 5.41) is 8.21. The van der Waals surface area contributed by atoms with Crippen molar-refractivity contribution in [3.63, 3.8) is 0 Å². The van der Waals surface area contributed by atoms with Crippen LogP contribution in [-0.4, -0.2) is 52.2 Å². The third kappa shape index (κ3) is 3.19. The predicted molar refractivity (Wildman–Crippen MR) is 80.8 cm³/mol. The highest BCUT2D eigenvalue weighted by atomic mass is 35.5. The molecular weight excluding hydrogens is 306 g/mol. The van der Waals surface area contributed by atoms with E-state index >= 15 is 0 Å². The molecule has 0 atom stereocenters. The molecule has 116 valence electrons. The first-order valence-electron chi connectivity index (χ1n) is 7.05. The summed E-state index contributed by atoms with van der Waals surface area (Å²) in [6.45, 7) is 4.35. The molecule has 0 spiro atoms. The second-order valence-corrected chi connectivity index (χ2v) is 5.48. The quantitative estimate of drug-likeness (QED) is 0.848. The summed E-state index contributed by atoms with van der Waals surface area (Å²) in [5.74, 6) is 1.59. The number of aryl methyl sites for hydroxylation is 1. The van der Waals surface area contributed by atoms with Crippen LogP contribution < -0.4 is 4.90 Å². The van der Waals surface area contributed by atoms with Crippen LogP contribution in [0.3, 0.4) is 0 Å². The third-order valence-electron chi connectivity index (χ3n) is 3.54. The smallest absolute Gasteiger partial charge is 0.232 e. The van der Waals surface area contributed by atoms with Gasteiger partial charge in [-0.05, 0) is 12.1 Å². The molecule has 22 heavy (non-hydrogen) atoms. The van der Waals surface area contributed by atoms with Crippen molar-refractivity contribution in [2.45, 2.75) is 13.3 Å². The normalized spacial score (nSPS) is 15.2. The van der Waals surface area contributed by atoms with Crippen molar-refractivity contribution in [2.24, 2.45) is 0 Å². The van der Waals surface area contributed by atoms with Crippen LogP contribution in [0.15, 0.2) is 22.7 Å². The summed E-state index contributed by atoms with van der Waals surface area (Å²) in [7, 11) is 0. The minimum absolute atomic E-state index is 0.00424. The van der Waals surface area contributed by atoms with Gasteiger partial charge in [-0.15, -0.1) is 10.2 Å². The lowest BCUT2D eigenvalue weighted by Gasteiger charge is -2.35. The van der Waals surface area contributed by atoms with Crippen molar-refractivity contribution in [2.75, 3.05) is 31.1 Å². The van der Waals surface area contributed by atoms with Gasteiger partial charge in [0.05, 0.1) is 5.02 Å². The van der Waals surface area contributed by atoms with Crippen LogP contribution in [-0.2, 0) is 11.2 Å². The summed E-state index contributed by atoms with van der Waals surface area (Å²) in [6.07, 6.45) is 1.86. The van der Waals surface area contributed by atoms with Gasteiger partial charge < -0.3 is 14.2 Å². The lowest BCUT2D eigenvalue weighted by atomic mass is 10.2. The summed E-state index contributed by atoms with van der Waals surface area (Å²) in [6, 6.07) is 3.62. The Balaban J connectivity index is 1.57. The Morgan fingerprint density at radius 3 is 2.73 bits per heavy atom. The zero-order chi connectivity index (χ0) is 15.5. The Morgan fingerprint density at radius 1 is 1.32 bits per heavy atom.